The molecule has 0 bridgehead atoms. The Morgan fingerprint density at radius 3 is 1.56 bits per heavy atom. The summed E-state index contributed by atoms with van der Waals surface area (Å²) in [4.78, 5) is 0. The van der Waals surface area contributed by atoms with Gasteiger partial charge < -0.3 is 9.30 Å². The van der Waals surface area contributed by atoms with Crippen LogP contribution < -0.4 is 4.74 Å². The maximum absolute atomic E-state index is 5.34. The molecule has 0 aliphatic heterocycles. The number of fused-ring (bicyclic) bond motifs is 3. The molecule has 0 atom stereocenters. The van der Waals surface area contributed by atoms with Gasteiger partial charge in [-0.25, -0.2) is 0 Å². The van der Waals surface area contributed by atoms with E-state index in [4.69, 9.17) is 4.74 Å². The van der Waals surface area contributed by atoms with Crippen LogP contribution in [-0.4, -0.2) is 11.7 Å². The van der Waals surface area contributed by atoms with Gasteiger partial charge in [0.25, 0.3) is 0 Å². The summed E-state index contributed by atoms with van der Waals surface area (Å²) in [5, 5.41) is 2.51. The minimum atomic E-state index is 0.869. The topological polar surface area (TPSA) is 14.2 Å². The van der Waals surface area contributed by atoms with E-state index in [1.165, 1.54) is 55.3 Å². The molecular weight excluding hydrogens is 414 g/mol. The van der Waals surface area contributed by atoms with Crippen LogP contribution in [0.4, 0.5) is 0 Å². The lowest BCUT2D eigenvalue weighted by Gasteiger charge is -2.09. The molecule has 0 N–H and O–H groups in total. The molecule has 5 aromatic carbocycles. The van der Waals surface area contributed by atoms with Crippen molar-refractivity contribution in [2.45, 2.75) is 6.92 Å². The van der Waals surface area contributed by atoms with E-state index in [9.17, 15) is 0 Å². The number of aryl methyl sites for hydroxylation is 1. The molecule has 0 radical (unpaired) electrons. The first-order valence-corrected chi connectivity index (χ1v) is 11.6. The fourth-order valence-corrected chi connectivity index (χ4v) is 4.77. The Hall–Kier alpha value is -4.30. The smallest absolute Gasteiger partial charge is 0.118 e. The Labute approximate surface area is 199 Å². The fraction of sp³-hybridized carbons (Fsp3) is 0.0625. The van der Waals surface area contributed by atoms with Gasteiger partial charge in [-0.1, -0.05) is 72.3 Å². The average Bonchev–Trinajstić information content (AvgIpc) is 3.22. The third-order valence-corrected chi connectivity index (χ3v) is 6.59. The molecule has 6 rings (SSSR count). The van der Waals surface area contributed by atoms with E-state index in [-0.39, 0.29) is 0 Å². The second-order valence-electron chi connectivity index (χ2n) is 8.73. The van der Waals surface area contributed by atoms with Crippen molar-refractivity contribution in [3.63, 3.8) is 0 Å². The largest absolute Gasteiger partial charge is 0.497 e. The van der Waals surface area contributed by atoms with Crippen LogP contribution in [0.15, 0.2) is 115 Å². The zero-order chi connectivity index (χ0) is 23.1. The summed E-state index contributed by atoms with van der Waals surface area (Å²) < 4.78 is 7.71. The first-order valence-electron chi connectivity index (χ1n) is 11.6. The van der Waals surface area contributed by atoms with Crippen LogP contribution in [0.2, 0.25) is 0 Å². The molecule has 2 heteroatoms. The highest BCUT2D eigenvalue weighted by Crippen LogP contribution is 2.37. The quantitative estimate of drug-likeness (QED) is 0.269. The van der Waals surface area contributed by atoms with Gasteiger partial charge >= 0.3 is 0 Å². The number of hydrogen-bond acceptors (Lipinski definition) is 1. The lowest BCUT2D eigenvalue weighted by molar-refractivity contribution is 0.415. The van der Waals surface area contributed by atoms with E-state index in [0.717, 1.165) is 5.75 Å². The number of methoxy groups -OCH3 is 1. The molecule has 0 spiro atoms. The van der Waals surface area contributed by atoms with Crippen molar-refractivity contribution in [3.05, 3.63) is 121 Å². The third kappa shape index (κ3) is 3.45. The monoisotopic (exact) mass is 439 g/mol. The predicted molar refractivity (Wildman–Crippen MR) is 143 cm³/mol. The van der Waals surface area contributed by atoms with Gasteiger partial charge in [-0.15, -0.1) is 0 Å². The van der Waals surface area contributed by atoms with Crippen LogP contribution in [0.25, 0.3) is 49.7 Å². The van der Waals surface area contributed by atoms with Crippen molar-refractivity contribution in [3.8, 4) is 33.7 Å². The van der Waals surface area contributed by atoms with Crippen LogP contribution >= 0.6 is 0 Å². The van der Waals surface area contributed by atoms with Gasteiger partial charge in [0.1, 0.15) is 5.75 Å². The molecule has 0 aliphatic carbocycles. The van der Waals surface area contributed by atoms with E-state index in [1.807, 2.05) is 12.1 Å². The van der Waals surface area contributed by atoms with Crippen LogP contribution in [-0.2, 0) is 0 Å². The number of rotatable bonds is 4. The highest BCUT2D eigenvalue weighted by molar-refractivity contribution is 6.11. The van der Waals surface area contributed by atoms with Crippen molar-refractivity contribution in [2.75, 3.05) is 7.11 Å². The Balaban J connectivity index is 1.61. The zero-order valence-electron chi connectivity index (χ0n) is 19.3. The molecule has 0 fully saturated rings. The number of hydrogen-bond donors (Lipinski definition) is 0. The van der Waals surface area contributed by atoms with Gasteiger partial charge in [-0.05, 0) is 77.7 Å². The molecule has 0 unspecified atom stereocenters. The van der Waals surface area contributed by atoms with Crippen molar-refractivity contribution < 1.29 is 4.74 Å². The van der Waals surface area contributed by atoms with E-state index in [2.05, 4.69) is 115 Å². The molecule has 0 saturated carbocycles. The lowest BCUT2D eigenvalue weighted by atomic mass is 10.00. The molecule has 0 saturated heterocycles. The van der Waals surface area contributed by atoms with E-state index in [1.54, 1.807) is 7.11 Å². The minimum Gasteiger partial charge on any atom is -0.497 e. The summed E-state index contributed by atoms with van der Waals surface area (Å²) >= 11 is 0. The Bertz CT molecular complexity index is 1610. The SMILES string of the molecule is COc1ccc(-c2ccc3c(c2)c2cc(-c4ccc(C)cc4)ccc2n3-c2ccccc2)cc1. The van der Waals surface area contributed by atoms with Crippen LogP contribution in [0, 0.1) is 6.92 Å². The molecule has 2 nitrogen and oxygen atoms in total. The van der Waals surface area contributed by atoms with Crippen LogP contribution in [0.1, 0.15) is 5.56 Å². The van der Waals surface area contributed by atoms with Gasteiger partial charge in [0.2, 0.25) is 0 Å². The predicted octanol–water partition coefficient (Wildman–Crippen LogP) is 8.43. The van der Waals surface area contributed by atoms with E-state index >= 15 is 0 Å². The number of benzene rings is 5. The van der Waals surface area contributed by atoms with E-state index < -0.39 is 0 Å². The van der Waals surface area contributed by atoms with Gasteiger partial charge in [-0.3, -0.25) is 0 Å². The minimum absolute atomic E-state index is 0.869. The van der Waals surface area contributed by atoms with Crippen molar-refractivity contribution in [1.82, 2.24) is 4.57 Å². The molecule has 0 aliphatic rings. The van der Waals surface area contributed by atoms with Gasteiger partial charge in [0, 0.05) is 16.5 Å². The maximum atomic E-state index is 5.34. The number of aromatic nitrogens is 1. The Morgan fingerprint density at radius 1 is 0.529 bits per heavy atom. The fourth-order valence-electron chi connectivity index (χ4n) is 4.77. The molecular formula is C32H25NO. The average molecular weight is 440 g/mol. The second kappa shape index (κ2) is 8.24. The highest BCUT2D eigenvalue weighted by atomic mass is 16.5. The number of nitrogens with zero attached hydrogens (tertiary/aromatic N) is 1. The standard InChI is InChI=1S/C32H25NO/c1-22-8-10-23(11-9-22)25-14-18-31-29(20-25)30-21-26(24-12-16-28(34-2)17-13-24)15-19-32(30)33(31)27-6-4-3-5-7-27/h3-21H,1-2H3. The molecule has 0 amide bonds. The summed E-state index contributed by atoms with van der Waals surface area (Å²) in [5.41, 5.74) is 9.70. The summed E-state index contributed by atoms with van der Waals surface area (Å²) in [7, 11) is 1.70. The first-order chi connectivity index (χ1) is 16.7. The molecule has 164 valence electrons. The summed E-state index contributed by atoms with van der Waals surface area (Å²) in [6.45, 7) is 2.13. The van der Waals surface area contributed by atoms with Crippen molar-refractivity contribution in [1.29, 1.82) is 0 Å². The normalized spacial score (nSPS) is 11.2. The zero-order valence-corrected chi connectivity index (χ0v) is 19.3. The summed E-state index contributed by atoms with van der Waals surface area (Å²) in [6.07, 6.45) is 0. The van der Waals surface area contributed by atoms with Gasteiger partial charge in [0.15, 0.2) is 0 Å². The molecule has 1 heterocycles. The Morgan fingerprint density at radius 2 is 1.03 bits per heavy atom. The van der Waals surface area contributed by atoms with Gasteiger partial charge in [-0.2, -0.15) is 0 Å². The summed E-state index contributed by atoms with van der Waals surface area (Å²) in [5.74, 6) is 0.869. The first kappa shape index (κ1) is 20.3. The van der Waals surface area contributed by atoms with Gasteiger partial charge in [0.05, 0.1) is 18.1 Å². The lowest BCUT2D eigenvalue weighted by Crippen LogP contribution is -1.93. The number of para-hydroxylation sites is 1. The van der Waals surface area contributed by atoms with Crippen molar-refractivity contribution >= 4 is 21.8 Å². The highest BCUT2D eigenvalue weighted by Gasteiger charge is 2.14. The number of ether oxygens (including phenoxy) is 1. The van der Waals surface area contributed by atoms with E-state index in [0.29, 0.717) is 0 Å². The second-order valence-corrected chi connectivity index (χ2v) is 8.73. The Kier molecular flexibility index (Phi) is 4.92. The molecule has 6 aromatic rings. The third-order valence-electron chi connectivity index (χ3n) is 6.59. The maximum Gasteiger partial charge on any atom is 0.118 e. The van der Waals surface area contributed by atoms with Crippen LogP contribution in [0.5, 0.6) is 5.75 Å². The summed E-state index contributed by atoms with van der Waals surface area (Å²) in [6, 6.07) is 41.2. The van der Waals surface area contributed by atoms with Crippen LogP contribution in [0.3, 0.4) is 0 Å². The van der Waals surface area contributed by atoms with Crippen molar-refractivity contribution in [2.24, 2.45) is 0 Å². The molecule has 1 aromatic heterocycles. The molecule has 34 heavy (non-hydrogen) atoms.